The van der Waals surface area contributed by atoms with Crippen LogP contribution in [0.5, 0.6) is 0 Å². The van der Waals surface area contributed by atoms with E-state index in [0.717, 1.165) is 41.0 Å². The fourth-order valence-corrected chi connectivity index (χ4v) is 6.53. The molecule has 0 radical (unpaired) electrons. The lowest BCUT2D eigenvalue weighted by Gasteiger charge is -2.18. The summed E-state index contributed by atoms with van der Waals surface area (Å²) in [5, 5.41) is 15.7. The van der Waals surface area contributed by atoms with Gasteiger partial charge in [-0.05, 0) is 49.3 Å². The maximum atomic E-state index is 12.5. The first-order valence-corrected chi connectivity index (χ1v) is 12.6. The zero-order valence-corrected chi connectivity index (χ0v) is 19.7. The van der Waals surface area contributed by atoms with E-state index >= 15 is 0 Å². The molecule has 10 heteroatoms. The van der Waals surface area contributed by atoms with Gasteiger partial charge >= 0.3 is 0 Å². The van der Waals surface area contributed by atoms with E-state index in [0.29, 0.717) is 26.0 Å². The van der Waals surface area contributed by atoms with Gasteiger partial charge in [0.15, 0.2) is 4.34 Å². The Hall–Kier alpha value is -2.43. The largest absolute Gasteiger partial charge is 0.365 e. The van der Waals surface area contributed by atoms with Gasteiger partial charge in [0.1, 0.15) is 5.00 Å². The van der Waals surface area contributed by atoms with Gasteiger partial charge in [0.05, 0.1) is 11.3 Å². The van der Waals surface area contributed by atoms with Gasteiger partial charge in [-0.15, -0.1) is 21.5 Å². The second-order valence-electron chi connectivity index (χ2n) is 7.57. The molecule has 162 valence electrons. The molecular formula is C21H23N5O2S3. The Bertz CT molecular complexity index is 1120. The lowest BCUT2D eigenvalue weighted by Crippen LogP contribution is -2.20. The first-order chi connectivity index (χ1) is 14.9. The molecule has 0 saturated carbocycles. The second kappa shape index (κ2) is 9.37. The molecular weight excluding hydrogens is 450 g/mol. The van der Waals surface area contributed by atoms with Crippen LogP contribution in [0.25, 0.3) is 0 Å². The van der Waals surface area contributed by atoms with Crippen molar-refractivity contribution in [2.45, 2.75) is 37.4 Å². The Morgan fingerprint density at radius 3 is 2.84 bits per heavy atom. The summed E-state index contributed by atoms with van der Waals surface area (Å²) in [7, 11) is 0. The van der Waals surface area contributed by atoms with Gasteiger partial charge in [0.25, 0.3) is 5.91 Å². The molecule has 1 aliphatic carbocycles. The SMILES string of the molecule is Cc1ccccc1Nc1nnc(SCC(=O)Nc2sc3c(c2C(N)=O)CC[C@H](C)C3)s1. The Morgan fingerprint density at radius 1 is 1.26 bits per heavy atom. The third kappa shape index (κ3) is 5.08. The number of primary amides is 1. The van der Waals surface area contributed by atoms with E-state index in [2.05, 4.69) is 27.8 Å². The summed E-state index contributed by atoms with van der Waals surface area (Å²) < 4.78 is 0.695. The highest BCUT2D eigenvalue weighted by Crippen LogP contribution is 2.39. The molecule has 7 nitrogen and oxygen atoms in total. The van der Waals surface area contributed by atoms with Crippen molar-refractivity contribution in [1.29, 1.82) is 0 Å². The number of nitrogens with zero attached hydrogens (tertiary/aromatic N) is 2. The number of fused-ring (bicyclic) bond motifs is 1. The molecule has 3 aromatic rings. The van der Waals surface area contributed by atoms with E-state index in [9.17, 15) is 9.59 Å². The minimum atomic E-state index is -0.481. The molecule has 0 fully saturated rings. The highest BCUT2D eigenvalue weighted by atomic mass is 32.2. The molecule has 0 saturated heterocycles. The first kappa shape index (κ1) is 21.8. The first-order valence-electron chi connectivity index (χ1n) is 9.94. The Labute approximate surface area is 192 Å². The zero-order chi connectivity index (χ0) is 22.0. The van der Waals surface area contributed by atoms with Crippen molar-refractivity contribution in [2.75, 3.05) is 16.4 Å². The summed E-state index contributed by atoms with van der Waals surface area (Å²) in [4.78, 5) is 25.7. The molecule has 2 aromatic heterocycles. The number of nitrogens with two attached hydrogens (primary N) is 1. The van der Waals surface area contributed by atoms with Crippen LogP contribution in [0.3, 0.4) is 0 Å². The lowest BCUT2D eigenvalue weighted by molar-refractivity contribution is -0.113. The number of nitrogens with one attached hydrogen (secondary N) is 2. The number of amides is 2. The smallest absolute Gasteiger partial charge is 0.251 e. The van der Waals surface area contributed by atoms with E-state index in [1.807, 2.05) is 31.2 Å². The minimum absolute atomic E-state index is 0.177. The molecule has 4 rings (SSSR count). The Kier molecular flexibility index (Phi) is 6.59. The fraction of sp³-hybridized carbons (Fsp3) is 0.333. The summed E-state index contributed by atoms with van der Waals surface area (Å²) in [6, 6.07) is 7.94. The van der Waals surface area contributed by atoms with Crippen LogP contribution in [-0.4, -0.2) is 27.8 Å². The molecule has 1 atom stereocenters. The maximum Gasteiger partial charge on any atom is 0.251 e. The highest BCUT2D eigenvalue weighted by molar-refractivity contribution is 8.01. The fourth-order valence-electron chi connectivity index (χ4n) is 3.54. The van der Waals surface area contributed by atoms with E-state index in [1.54, 1.807) is 0 Å². The van der Waals surface area contributed by atoms with Crippen molar-refractivity contribution in [1.82, 2.24) is 10.2 Å². The van der Waals surface area contributed by atoms with Crippen molar-refractivity contribution in [3.63, 3.8) is 0 Å². The third-order valence-corrected chi connectivity index (χ3v) is 8.27. The standard InChI is InChI=1S/C21H23N5O2S3/c1-11-7-8-13-15(9-11)30-19(17(13)18(22)28)24-16(27)10-29-21-26-25-20(31-21)23-14-6-4-3-5-12(14)2/h3-6,11H,7-10H2,1-2H3,(H2,22,28)(H,23,25)(H,24,27)/t11-/m0/s1. The number of hydrogen-bond acceptors (Lipinski definition) is 8. The van der Waals surface area contributed by atoms with Gasteiger partial charge in [-0.2, -0.15) is 0 Å². The van der Waals surface area contributed by atoms with Crippen LogP contribution >= 0.6 is 34.4 Å². The molecule has 1 aromatic carbocycles. The number of para-hydroxylation sites is 1. The maximum absolute atomic E-state index is 12.5. The third-order valence-electron chi connectivity index (χ3n) is 5.13. The van der Waals surface area contributed by atoms with Crippen LogP contribution in [-0.2, 0) is 17.6 Å². The average Bonchev–Trinajstić information content (AvgIpc) is 3.31. The number of carbonyl (C=O) groups excluding carboxylic acids is 2. The number of aryl methyl sites for hydroxylation is 1. The monoisotopic (exact) mass is 473 g/mol. The number of rotatable bonds is 7. The van der Waals surface area contributed by atoms with Crippen LogP contribution in [0.1, 0.15) is 39.7 Å². The van der Waals surface area contributed by atoms with Crippen molar-refractivity contribution >= 4 is 62.1 Å². The molecule has 31 heavy (non-hydrogen) atoms. The molecule has 0 unspecified atom stereocenters. The number of aromatic nitrogens is 2. The summed E-state index contributed by atoms with van der Waals surface area (Å²) in [6.45, 7) is 4.22. The summed E-state index contributed by atoms with van der Waals surface area (Å²) >= 11 is 4.18. The van der Waals surface area contributed by atoms with Gasteiger partial charge in [-0.3, -0.25) is 9.59 Å². The van der Waals surface area contributed by atoms with Crippen molar-refractivity contribution in [3.05, 3.63) is 45.8 Å². The van der Waals surface area contributed by atoms with Crippen LogP contribution in [0.15, 0.2) is 28.6 Å². The number of thiophene rings is 1. The van der Waals surface area contributed by atoms with Crippen LogP contribution in [0.4, 0.5) is 15.8 Å². The number of thioether (sulfide) groups is 1. The second-order valence-corrected chi connectivity index (χ2v) is 10.9. The minimum Gasteiger partial charge on any atom is -0.365 e. The topological polar surface area (TPSA) is 110 Å². The Morgan fingerprint density at radius 2 is 2.06 bits per heavy atom. The van der Waals surface area contributed by atoms with Gasteiger partial charge in [0, 0.05) is 10.6 Å². The molecule has 0 aliphatic heterocycles. The zero-order valence-electron chi connectivity index (χ0n) is 17.2. The van der Waals surface area contributed by atoms with Gasteiger partial charge in [-0.1, -0.05) is 48.2 Å². The normalized spacial score (nSPS) is 15.4. The van der Waals surface area contributed by atoms with E-state index < -0.39 is 5.91 Å². The Balaban J connectivity index is 1.38. The van der Waals surface area contributed by atoms with E-state index in [-0.39, 0.29) is 11.7 Å². The summed E-state index contributed by atoms with van der Waals surface area (Å²) in [5.41, 5.74) is 9.20. The van der Waals surface area contributed by atoms with E-state index in [1.165, 1.54) is 34.4 Å². The van der Waals surface area contributed by atoms with Crippen molar-refractivity contribution < 1.29 is 9.59 Å². The van der Waals surface area contributed by atoms with Crippen molar-refractivity contribution in [3.8, 4) is 0 Å². The summed E-state index contributed by atoms with van der Waals surface area (Å²) in [6.07, 6.45) is 2.78. The molecule has 1 aliphatic rings. The molecule has 2 amide bonds. The van der Waals surface area contributed by atoms with Crippen LogP contribution in [0.2, 0.25) is 0 Å². The molecule has 0 bridgehead atoms. The predicted octanol–water partition coefficient (Wildman–Crippen LogP) is 4.61. The van der Waals surface area contributed by atoms with Crippen LogP contribution < -0.4 is 16.4 Å². The number of anilines is 3. The van der Waals surface area contributed by atoms with Crippen LogP contribution in [0, 0.1) is 12.8 Å². The molecule has 2 heterocycles. The number of carbonyl (C=O) groups is 2. The predicted molar refractivity (Wildman–Crippen MR) is 128 cm³/mol. The average molecular weight is 474 g/mol. The number of hydrogen-bond donors (Lipinski definition) is 3. The summed E-state index contributed by atoms with van der Waals surface area (Å²) in [5.74, 6) is 0.0792. The van der Waals surface area contributed by atoms with Gasteiger partial charge < -0.3 is 16.4 Å². The van der Waals surface area contributed by atoms with Crippen molar-refractivity contribution in [2.24, 2.45) is 11.7 Å². The molecule has 0 spiro atoms. The van der Waals surface area contributed by atoms with E-state index in [4.69, 9.17) is 5.73 Å². The quantitative estimate of drug-likeness (QED) is 0.432. The molecule has 4 N–H and O–H groups in total. The lowest BCUT2D eigenvalue weighted by atomic mass is 9.88. The van der Waals surface area contributed by atoms with Gasteiger partial charge in [-0.25, -0.2) is 0 Å². The van der Waals surface area contributed by atoms with Gasteiger partial charge in [0.2, 0.25) is 11.0 Å². The highest BCUT2D eigenvalue weighted by Gasteiger charge is 2.27. The number of benzene rings is 1.